The molecule has 94 valence electrons. The molecule has 0 amide bonds. The highest BCUT2D eigenvalue weighted by Crippen LogP contribution is 2.35. The van der Waals surface area contributed by atoms with Crippen LogP contribution in [0.5, 0.6) is 5.75 Å². The molecule has 1 aliphatic rings. The van der Waals surface area contributed by atoms with E-state index in [0.29, 0.717) is 6.04 Å². The number of nitrogens with one attached hydrogen (secondary N) is 1. The van der Waals surface area contributed by atoms with Crippen LogP contribution < -0.4 is 10.1 Å². The number of benzene rings is 1. The van der Waals surface area contributed by atoms with E-state index < -0.39 is 0 Å². The van der Waals surface area contributed by atoms with E-state index in [1.54, 1.807) is 7.11 Å². The van der Waals surface area contributed by atoms with Gasteiger partial charge in [-0.15, -0.1) is 0 Å². The van der Waals surface area contributed by atoms with Gasteiger partial charge in [0.1, 0.15) is 5.75 Å². The standard InChI is InChI=1S/C14H17N3O/c1-17-9-11(8-15-17)16-14-6-4-10-3-5-12(18-2)7-13(10)14/h3,5,7-9,14,16H,4,6H2,1-2H3. The first-order valence-corrected chi connectivity index (χ1v) is 6.18. The van der Waals surface area contributed by atoms with Crippen molar-refractivity contribution < 1.29 is 4.74 Å². The topological polar surface area (TPSA) is 39.1 Å². The Morgan fingerprint density at radius 2 is 2.33 bits per heavy atom. The summed E-state index contributed by atoms with van der Waals surface area (Å²) in [6, 6.07) is 6.69. The van der Waals surface area contributed by atoms with Gasteiger partial charge in [0.2, 0.25) is 0 Å². The smallest absolute Gasteiger partial charge is 0.119 e. The second-order valence-electron chi connectivity index (χ2n) is 4.70. The Bertz CT molecular complexity index is 562. The summed E-state index contributed by atoms with van der Waals surface area (Å²) < 4.78 is 7.11. The first kappa shape index (κ1) is 11.1. The highest BCUT2D eigenvalue weighted by atomic mass is 16.5. The second-order valence-corrected chi connectivity index (χ2v) is 4.70. The summed E-state index contributed by atoms with van der Waals surface area (Å²) in [5.74, 6) is 0.925. The van der Waals surface area contributed by atoms with Crippen molar-refractivity contribution in [2.75, 3.05) is 12.4 Å². The third-order valence-electron chi connectivity index (χ3n) is 3.48. The van der Waals surface area contributed by atoms with Crippen LogP contribution in [-0.2, 0) is 13.5 Å². The molecule has 1 aromatic carbocycles. The van der Waals surface area contributed by atoms with E-state index in [9.17, 15) is 0 Å². The minimum absolute atomic E-state index is 0.360. The number of anilines is 1. The van der Waals surface area contributed by atoms with Gasteiger partial charge in [-0.05, 0) is 36.1 Å². The molecule has 0 spiro atoms. The Kier molecular flexibility index (Phi) is 2.70. The Morgan fingerprint density at radius 3 is 3.06 bits per heavy atom. The molecule has 1 unspecified atom stereocenters. The van der Waals surface area contributed by atoms with Crippen LogP contribution in [0, 0.1) is 0 Å². The number of methoxy groups -OCH3 is 1. The summed E-state index contributed by atoms with van der Waals surface area (Å²) >= 11 is 0. The Hall–Kier alpha value is -1.97. The maximum absolute atomic E-state index is 5.30. The van der Waals surface area contributed by atoms with Gasteiger partial charge in [0, 0.05) is 13.2 Å². The van der Waals surface area contributed by atoms with E-state index in [2.05, 4.69) is 22.5 Å². The van der Waals surface area contributed by atoms with E-state index in [1.807, 2.05) is 30.2 Å². The SMILES string of the molecule is COc1ccc2c(c1)C(Nc1cnn(C)c1)CC2. The van der Waals surface area contributed by atoms with Crippen molar-refractivity contribution in [2.45, 2.75) is 18.9 Å². The van der Waals surface area contributed by atoms with Gasteiger partial charge in [-0.2, -0.15) is 5.10 Å². The molecule has 4 nitrogen and oxygen atoms in total. The van der Waals surface area contributed by atoms with E-state index in [4.69, 9.17) is 4.74 Å². The Balaban J connectivity index is 1.85. The van der Waals surface area contributed by atoms with Gasteiger partial charge in [0.25, 0.3) is 0 Å². The number of hydrogen-bond acceptors (Lipinski definition) is 3. The van der Waals surface area contributed by atoms with Crippen molar-refractivity contribution in [1.29, 1.82) is 0 Å². The predicted molar refractivity (Wildman–Crippen MR) is 70.9 cm³/mol. The first-order chi connectivity index (χ1) is 8.76. The fourth-order valence-electron chi connectivity index (χ4n) is 2.55. The molecule has 0 saturated carbocycles. The fraction of sp³-hybridized carbons (Fsp3) is 0.357. The van der Waals surface area contributed by atoms with Crippen LogP contribution in [0.3, 0.4) is 0 Å². The molecule has 1 aliphatic carbocycles. The number of ether oxygens (including phenoxy) is 1. The van der Waals surface area contributed by atoms with E-state index in [0.717, 1.165) is 24.3 Å². The highest BCUT2D eigenvalue weighted by Gasteiger charge is 2.23. The van der Waals surface area contributed by atoms with Crippen LogP contribution in [0.15, 0.2) is 30.6 Å². The van der Waals surface area contributed by atoms with Gasteiger partial charge in [-0.1, -0.05) is 6.07 Å². The molecule has 1 heterocycles. The zero-order valence-electron chi connectivity index (χ0n) is 10.7. The van der Waals surface area contributed by atoms with Crippen LogP contribution >= 0.6 is 0 Å². The lowest BCUT2D eigenvalue weighted by molar-refractivity contribution is 0.414. The van der Waals surface area contributed by atoms with Gasteiger partial charge in [-0.3, -0.25) is 4.68 Å². The van der Waals surface area contributed by atoms with Gasteiger partial charge in [0.05, 0.1) is 25.0 Å². The zero-order valence-corrected chi connectivity index (χ0v) is 10.7. The highest BCUT2D eigenvalue weighted by molar-refractivity contribution is 5.47. The minimum atomic E-state index is 0.360. The number of nitrogens with zero attached hydrogens (tertiary/aromatic N) is 2. The molecule has 1 N–H and O–H groups in total. The average molecular weight is 243 g/mol. The lowest BCUT2D eigenvalue weighted by atomic mass is 10.1. The van der Waals surface area contributed by atoms with Gasteiger partial charge in [0.15, 0.2) is 0 Å². The Labute approximate surface area is 107 Å². The molecule has 0 saturated heterocycles. The number of aryl methyl sites for hydroxylation is 2. The van der Waals surface area contributed by atoms with Gasteiger partial charge < -0.3 is 10.1 Å². The van der Waals surface area contributed by atoms with Crippen LogP contribution in [0.4, 0.5) is 5.69 Å². The molecule has 1 atom stereocenters. The molecular weight excluding hydrogens is 226 g/mol. The fourth-order valence-corrected chi connectivity index (χ4v) is 2.55. The lowest BCUT2D eigenvalue weighted by Crippen LogP contribution is -2.06. The van der Waals surface area contributed by atoms with Crippen molar-refractivity contribution in [2.24, 2.45) is 7.05 Å². The largest absolute Gasteiger partial charge is 0.497 e. The van der Waals surface area contributed by atoms with Crippen molar-refractivity contribution >= 4 is 5.69 Å². The maximum atomic E-state index is 5.30. The Morgan fingerprint density at radius 1 is 1.44 bits per heavy atom. The summed E-state index contributed by atoms with van der Waals surface area (Å²) in [5, 5.41) is 7.71. The van der Waals surface area contributed by atoms with Crippen LogP contribution in [0.2, 0.25) is 0 Å². The van der Waals surface area contributed by atoms with E-state index in [1.165, 1.54) is 11.1 Å². The molecule has 3 rings (SSSR count). The monoisotopic (exact) mass is 243 g/mol. The van der Waals surface area contributed by atoms with Crippen LogP contribution in [0.25, 0.3) is 0 Å². The summed E-state index contributed by atoms with van der Waals surface area (Å²) in [5.41, 5.74) is 3.83. The lowest BCUT2D eigenvalue weighted by Gasteiger charge is -2.14. The summed E-state index contributed by atoms with van der Waals surface area (Å²) in [6.07, 6.45) is 6.10. The molecule has 1 aromatic heterocycles. The molecule has 0 bridgehead atoms. The summed E-state index contributed by atoms with van der Waals surface area (Å²) in [7, 11) is 3.64. The van der Waals surface area contributed by atoms with Gasteiger partial charge >= 0.3 is 0 Å². The molecule has 0 aliphatic heterocycles. The molecule has 2 aromatic rings. The number of rotatable bonds is 3. The summed E-state index contributed by atoms with van der Waals surface area (Å²) in [4.78, 5) is 0. The van der Waals surface area contributed by atoms with Crippen LogP contribution in [-0.4, -0.2) is 16.9 Å². The third kappa shape index (κ3) is 1.94. The van der Waals surface area contributed by atoms with E-state index in [-0.39, 0.29) is 0 Å². The predicted octanol–water partition coefficient (Wildman–Crippen LogP) is 2.53. The van der Waals surface area contributed by atoms with E-state index >= 15 is 0 Å². The average Bonchev–Trinajstić information content (AvgIpc) is 2.96. The molecule has 18 heavy (non-hydrogen) atoms. The second kappa shape index (κ2) is 4.37. The van der Waals surface area contributed by atoms with Crippen molar-refractivity contribution in [3.05, 3.63) is 41.7 Å². The molecule has 4 heteroatoms. The third-order valence-corrected chi connectivity index (χ3v) is 3.48. The normalized spacial score (nSPS) is 17.6. The van der Waals surface area contributed by atoms with Crippen LogP contribution in [0.1, 0.15) is 23.6 Å². The first-order valence-electron chi connectivity index (χ1n) is 6.18. The zero-order chi connectivity index (χ0) is 12.5. The van der Waals surface area contributed by atoms with Crippen molar-refractivity contribution in [3.8, 4) is 5.75 Å². The maximum Gasteiger partial charge on any atom is 0.119 e. The minimum Gasteiger partial charge on any atom is -0.497 e. The molecule has 0 radical (unpaired) electrons. The van der Waals surface area contributed by atoms with Crippen molar-refractivity contribution in [1.82, 2.24) is 9.78 Å². The number of fused-ring (bicyclic) bond motifs is 1. The number of hydrogen-bond donors (Lipinski definition) is 1. The molecular formula is C14H17N3O. The van der Waals surface area contributed by atoms with Gasteiger partial charge in [-0.25, -0.2) is 0 Å². The number of aromatic nitrogens is 2. The molecule has 0 fully saturated rings. The quantitative estimate of drug-likeness (QED) is 0.900. The summed E-state index contributed by atoms with van der Waals surface area (Å²) in [6.45, 7) is 0. The van der Waals surface area contributed by atoms with Crippen molar-refractivity contribution in [3.63, 3.8) is 0 Å².